The Kier molecular flexibility index (Phi) is 4.83. The topological polar surface area (TPSA) is 40.6 Å². The summed E-state index contributed by atoms with van der Waals surface area (Å²) >= 11 is 1.27. The Labute approximate surface area is 146 Å². The summed E-state index contributed by atoms with van der Waals surface area (Å²) in [6, 6.07) is 12.3. The zero-order chi connectivity index (χ0) is 17.3. The van der Waals surface area contributed by atoms with Gasteiger partial charge in [-0.05, 0) is 43.7 Å². The summed E-state index contributed by atoms with van der Waals surface area (Å²) in [5, 5.41) is 0. The lowest BCUT2D eigenvalue weighted by Crippen LogP contribution is -2.46. The number of thiophene rings is 1. The number of carbonyl (C=O) groups is 2. The number of carbonyl (C=O) groups excluding carboxylic acids is 2. The van der Waals surface area contributed by atoms with E-state index < -0.39 is 0 Å². The van der Waals surface area contributed by atoms with E-state index in [0.29, 0.717) is 22.3 Å². The normalized spacial score (nSPS) is 17.4. The van der Waals surface area contributed by atoms with Gasteiger partial charge in [-0.2, -0.15) is 0 Å². The van der Waals surface area contributed by atoms with Crippen molar-refractivity contribution in [3.8, 4) is 0 Å². The molecule has 1 aliphatic heterocycles. The Morgan fingerprint density at radius 3 is 2.50 bits per heavy atom. The van der Waals surface area contributed by atoms with E-state index in [0.717, 1.165) is 13.0 Å². The number of rotatable bonds is 4. The lowest BCUT2D eigenvalue weighted by molar-refractivity contribution is 0.0738. The van der Waals surface area contributed by atoms with E-state index in [1.54, 1.807) is 17.0 Å². The highest BCUT2D eigenvalue weighted by Gasteiger charge is 2.26. The van der Waals surface area contributed by atoms with Gasteiger partial charge < -0.3 is 4.90 Å². The maximum Gasteiger partial charge on any atom is 0.263 e. The first-order valence-electron chi connectivity index (χ1n) is 8.09. The molecule has 0 N–H and O–H groups in total. The summed E-state index contributed by atoms with van der Waals surface area (Å²) < 4.78 is 0. The van der Waals surface area contributed by atoms with E-state index in [9.17, 15) is 9.59 Å². The number of ketones is 1. The molecule has 2 aromatic rings. The maximum absolute atomic E-state index is 12.6. The first kappa shape index (κ1) is 16.9. The third-order valence-electron chi connectivity index (χ3n) is 4.61. The number of amides is 1. The molecule has 1 aromatic carbocycles. The van der Waals surface area contributed by atoms with Crippen molar-refractivity contribution in [1.82, 2.24) is 9.80 Å². The van der Waals surface area contributed by atoms with Crippen LogP contribution >= 0.6 is 11.3 Å². The molecule has 0 bridgehead atoms. The molecule has 4 nitrogen and oxygen atoms in total. The molecular formula is C19H22N2O2S. The Morgan fingerprint density at radius 1 is 1.17 bits per heavy atom. The van der Waals surface area contributed by atoms with Crippen LogP contribution in [0.15, 0.2) is 36.4 Å². The molecule has 24 heavy (non-hydrogen) atoms. The molecule has 3 rings (SSSR count). The first-order chi connectivity index (χ1) is 11.5. The molecule has 1 aromatic heterocycles. The highest BCUT2D eigenvalue weighted by molar-refractivity contribution is 7.15. The highest BCUT2D eigenvalue weighted by atomic mass is 32.1. The molecule has 1 aliphatic rings. The van der Waals surface area contributed by atoms with E-state index in [4.69, 9.17) is 0 Å². The average Bonchev–Trinajstić information content (AvgIpc) is 3.05. The Bertz CT molecular complexity index is 768. The number of benzene rings is 1. The zero-order valence-corrected chi connectivity index (χ0v) is 15.1. The zero-order valence-electron chi connectivity index (χ0n) is 14.3. The van der Waals surface area contributed by atoms with Gasteiger partial charge in [-0.3, -0.25) is 14.5 Å². The predicted octanol–water partition coefficient (Wildman–Crippen LogP) is 3.08. The van der Waals surface area contributed by atoms with Crippen LogP contribution in [-0.2, 0) is 13.0 Å². The van der Waals surface area contributed by atoms with E-state index in [-0.39, 0.29) is 11.7 Å². The summed E-state index contributed by atoms with van der Waals surface area (Å²) in [6.07, 6.45) is 0.952. The fourth-order valence-electron chi connectivity index (χ4n) is 3.15. The standard InChI is InChI=1S/C19H22N2O2S/c1-13(22)17-8-9-18(24-17)19(23)21(3)12-16-10-14-6-4-5-7-15(14)11-20(16)2/h4-9,16H,10-12H2,1-3H3. The van der Waals surface area contributed by atoms with E-state index >= 15 is 0 Å². The summed E-state index contributed by atoms with van der Waals surface area (Å²) in [5.41, 5.74) is 2.74. The number of hydrogen-bond donors (Lipinski definition) is 0. The second-order valence-corrected chi connectivity index (χ2v) is 7.53. The number of likely N-dealkylation sites (N-methyl/N-ethyl adjacent to an activating group) is 2. The van der Waals surface area contributed by atoms with Crippen molar-refractivity contribution in [3.05, 3.63) is 57.3 Å². The maximum atomic E-state index is 12.6. The van der Waals surface area contributed by atoms with Crippen LogP contribution < -0.4 is 0 Å². The smallest absolute Gasteiger partial charge is 0.263 e. The first-order valence-corrected chi connectivity index (χ1v) is 8.90. The molecule has 5 heteroatoms. The van der Waals surface area contributed by atoms with Gasteiger partial charge in [0.05, 0.1) is 9.75 Å². The van der Waals surface area contributed by atoms with Gasteiger partial charge in [0.25, 0.3) is 5.91 Å². The van der Waals surface area contributed by atoms with Crippen LogP contribution in [0.2, 0.25) is 0 Å². The van der Waals surface area contributed by atoms with Crippen LogP contribution in [-0.4, -0.2) is 48.2 Å². The van der Waals surface area contributed by atoms with Gasteiger partial charge >= 0.3 is 0 Å². The fourth-order valence-corrected chi connectivity index (χ4v) is 4.05. The third kappa shape index (κ3) is 3.42. The van der Waals surface area contributed by atoms with Crippen LogP contribution in [0.3, 0.4) is 0 Å². The summed E-state index contributed by atoms with van der Waals surface area (Å²) in [6.45, 7) is 3.12. The van der Waals surface area contributed by atoms with Crippen molar-refractivity contribution >= 4 is 23.0 Å². The van der Waals surface area contributed by atoms with Crippen molar-refractivity contribution in [2.24, 2.45) is 0 Å². The molecule has 126 valence electrons. The molecule has 0 saturated carbocycles. The van der Waals surface area contributed by atoms with Crippen LogP contribution in [0, 0.1) is 0 Å². The Balaban J connectivity index is 1.69. The van der Waals surface area contributed by atoms with Crippen molar-refractivity contribution in [3.63, 3.8) is 0 Å². The molecule has 0 saturated heterocycles. The quantitative estimate of drug-likeness (QED) is 0.802. The van der Waals surface area contributed by atoms with Gasteiger partial charge in [-0.15, -0.1) is 11.3 Å². The van der Waals surface area contributed by atoms with Gasteiger partial charge in [0.1, 0.15) is 0 Å². The number of hydrogen-bond acceptors (Lipinski definition) is 4. The van der Waals surface area contributed by atoms with Crippen molar-refractivity contribution in [1.29, 1.82) is 0 Å². The van der Waals surface area contributed by atoms with Crippen LogP contribution in [0.4, 0.5) is 0 Å². The number of fused-ring (bicyclic) bond motifs is 1. The molecule has 2 heterocycles. The molecule has 0 aliphatic carbocycles. The van der Waals surface area contributed by atoms with Gasteiger partial charge in [0, 0.05) is 26.2 Å². The van der Waals surface area contributed by atoms with Crippen LogP contribution in [0.1, 0.15) is 37.4 Å². The third-order valence-corrected chi connectivity index (χ3v) is 5.79. The predicted molar refractivity (Wildman–Crippen MR) is 96.7 cm³/mol. The van der Waals surface area contributed by atoms with Gasteiger partial charge in [0.2, 0.25) is 0 Å². The molecule has 1 amide bonds. The minimum absolute atomic E-state index is 0.00493. The van der Waals surface area contributed by atoms with Crippen LogP contribution in [0.25, 0.3) is 0 Å². The van der Waals surface area contributed by atoms with Crippen LogP contribution in [0.5, 0.6) is 0 Å². The summed E-state index contributed by atoms with van der Waals surface area (Å²) in [7, 11) is 3.95. The van der Waals surface area contributed by atoms with E-state index in [1.165, 1.54) is 29.4 Å². The summed E-state index contributed by atoms with van der Waals surface area (Å²) in [5.74, 6) is -0.00918. The van der Waals surface area contributed by atoms with Gasteiger partial charge in [-0.1, -0.05) is 24.3 Å². The Hall–Kier alpha value is -1.98. The van der Waals surface area contributed by atoms with Crippen molar-refractivity contribution in [2.75, 3.05) is 20.6 Å². The van der Waals surface area contributed by atoms with Gasteiger partial charge in [0.15, 0.2) is 5.78 Å². The molecule has 0 radical (unpaired) electrons. The fraction of sp³-hybridized carbons (Fsp3) is 0.368. The molecule has 1 unspecified atom stereocenters. The van der Waals surface area contributed by atoms with E-state index in [2.05, 4.69) is 36.2 Å². The number of Topliss-reactive ketones (excluding diaryl/α,β-unsaturated/α-hetero) is 1. The molecular weight excluding hydrogens is 320 g/mol. The highest BCUT2D eigenvalue weighted by Crippen LogP contribution is 2.23. The van der Waals surface area contributed by atoms with Crippen molar-refractivity contribution < 1.29 is 9.59 Å². The largest absolute Gasteiger partial charge is 0.339 e. The molecule has 0 spiro atoms. The minimum Gasteiger partial charge on any atom is -0.339 e. The van der Waals surface area contributed by atoms with E-state index in [1.807, 2.05) is 7.05 Å². The molecule has 1 atom stereocenters. The minimum atomic E-state index is -0.0141. The lowest BCUT2D eigenvalue weighted by atomic mass is 9.94. The number of nitrogens with zero attached hydrogens (tertiary/aromatic N) is 2. The average molecular weight is 342 g/mol. The SMILES string of the molecule is CC(=O)c1ccc(C(=O)N(C)CC2Cc3ccccc3CN2C)s1. The molecule has 0 fully saturated rings. The Morgan fingerprint density at radius 2 is 1.83 bits per heavy atom. The van der Waals surface area contributed by atoms with Crippen molar-refractivity contribution in [2.45, 2.75) is 25.9 Å². The monoisotopic (exact) mass is 342 g/mol. The second kappa shape index (κ2) is 6.87. The van der Waals surface area contributed by atoms with Gasteiger partial charge in [-0.25, -0.2) is 0 Å². The second-order valence-electron chi connectivity index (χ2n) is 6.45. The lowest BCUT2D eigenvalue weighted by Gasteiger charge is -2.36. The summed E-state index contributed by atoms with van der Waals surface area (Å²) in [4.78, 5) is 29.4.